The lowest BCUT2D eigenvalue weighted by Crippen LogP contribution is -2.48. The van der Waals surface area contributed by atoms with Crippen molar-refractivity contribution in [2.24, 2.45) is 0 Å². The molecule has 1 saturated heterocycles. The molecule has 1 heterocycles. The van der Waals surface area contributed by atoms with Gasteiger partial charge in [0.2, 0.25) is 5.91 Å². The fraction of sp³-hybridized carbons (Fsp3) is 0.438. The highest BCUT2D eigenvalue weighted by atomic mass is 16.5. The Morgan fingerprint density at radius 2 is 1.96 bits per heavy atom. The maximum atomic E-state index is 12.1. The van der Waals surface area contributed by atoms with E-state index in [9.17, 15) is 14.4 Å². The zero-order valence-electron chi connectivity index (χ0n) is 12.9. The molecule has 124 valence electrons. The van der Waals surface area contributed by atoms with Crippen LogP contribution in [0.4, 0.5) is 0 Å². The van der Waals surface area contributed by atoms with Gasteiger partial charge in [0.1, 0.15) is 5.75 Å². The van der Waals surface area contributed by atoms with Gasteiger partial charge < -0.3 is 19.5 Å². The first kappa shape index (κ1) is 17.0. The van der Waals surface area contributed by atoms with Crippen LogP contribution in [-0.4, -0.2) is 60.6 Å². The molecule has 1 aromatic rings. The number of Topliss-reactive ketones (excluding diaryl/α,β-unsaturated/α-hetero) is 1. The second-order valence-corrected chi connectivity index (χ2v) is 5.19. The number of amides is 1. The van der Waals surface area contributed by atoms with Gasteiger partial charge in [-0.3, -0.25) is 9.59 Å². The second-order valence-electron chi connectivity index (χ2n) is 5.19. The van der Waals surface area contributed by atoms with E-state index in [1.807, 2.05) is 0 Å². The summed E-state index contributed by atoms with van der Waals surface area (Å²) in [4.78, 5) is 36.5. The third-order valence-electron chi connectivity index (χ3n) is 3.67. The van der Waals surface area contributed by atoms with E-state index in [4.69, 9.17) is 14.6 Å². The zero-order valence-corrected chi connectivity index (χ0v) is 12.9. The van der Waals surface area contributed by atoms with Crippen molar-refractivity contribution in [1.82, 2.24) is 4.90 Å². The lowest BCUT2D eigenvalue weighted by atomic mass is 10.1. The topological polar surface area (TPSA) is 93.1 Å². The third-order valence-corrected chi connectivity index (χ3v) is 3.67. The Labute approximate surface area is 133 Å². The summed E-state index contributed by atoms with van der Waals surface area (Å²) in [5.74, 6) is -0.798. The number of carbonyl (C=O) groups excluding carboxylic acids is 2. The number of rotatable bonds is 6. The van der Waals surface area contributed by atoms with E-state index in [0.29, 0.717) is 17.9 Å². The first-order valence-corrected chi connectivity index (χ1v) is 7.30. The number of carbonyl (C=O) groups is 3. The van der Waals surface area contributed by atoms with Crippen LogP contribution in [-0.2, 0) is 14.3 Å². The minimum absolute atomic E-state index is 0.0187. The molecule has 1 aromatic carbocycles. The van der Waals surface area contributed by atoms with Crippen molar-refractivity contribution in [3.8, 4) is 5.75 Å². The van der Waals surface area contributed by atoms with Crippen LogP contribution in [0.1, 0.15) is 23.2 Å². The summed E-state index contributed by atoms with van der Waals surface area (Å²) < 4.78 is 10.1. The van der Waals surface area contributed by atoms with Crippen LogP contribution >= 0.6 is 0 Å². The van der Waals surface area contributed by atoms with Crippen LogP contribution in [0.5, 0.6) is 5.75 Å². The van der Waals surface area contributed by atoms with Crippen LogP contribution in [0, 0.1) is 0 Å². The Morgan fingerprint density at radius 1 is 1.26 bits per heavy atom. The maximum Gasteiger partial charge on any atom is 0.334 e. The molecular weight excluding hydrogens is 302 g/mol. The van der Waals surface area contributed by atoms with E-state index in [1.54, 1.807) is 31.4 Å². The molecule has 0 saturated carbocycles. The quantitative estimate of drug-likeness (QED) is 0.785. The van der Waals surface area contributed by atoms with E-state index < -0.39 is 12.1 Å². The monoisotopic (exact) mass is 321 g/mol. The standard InChI is InChI=1S/C16H19NO6/c1-22-12-4-2-11(3-5-12)13(18)6-7-15(19)17-8-9-23-14(10-17)16(20)21/h2-5,14H,6-10H2,1H3,(H,20,21). The van der Waals surface area contributed by atoms with Crippen molar-refractivity contribution in [3.05, 3.63) is 29.8 Å². The lowest BCUT2D eigenvalue weighted by Gasteiger charge is -2.30. The molecule has 0 spiro atoms. The summed E-state index contributed by atoms with van der Waals surface area (Å²) in [6.45, 7) is 0.555. The average molecular weight is 321 g/mol. The van der Waals surface area contributed by atoms with Gasteiger partial charge in [-0.15, -0.1) is 0 Å². The molecule has 7 heteroatoms. The summed E-state index contributed by atoms with van der Waals surface area (Å²) in [5.41, 5.74) is 0.518. The molecule has 23 heavy (non-hydrogen) atoms. The Hall–Kier alpha value is -2.41. The number of hydrogen-bond donors (Lipinski definition) is 1. The fourth-order valence-corrected chi connectivity index (χ4v) is 2.33. The highest BCUT2D eigenvalue weighted by Crippen LogP contribution is 2.14. The number of benzene rings is 1. The Bertz CT molecular complexity index is 583. The second kappa shape index (κ2) is 7.73. The van der Waals surface area contributed by atoms with E-state index in [-0.39, 0.29) is 37.7 Å². The van der Waals surface area contributed by atoms with Crippen molar-refractivity contribution in [2.75, 3.05) is 26.8 Å². The number of ether oxygens (including phenoxy) is 2. The first-order chi connectivity index (χ1) is 11.0. The summed E-state index contributed by atoms with van der Waals surface area (Å²) in [7, 11) is 1.54. The summed E-state index contributed by atoms with van der Waals surface area (Å²) in [6, 6.07) is 6.69. The maximum absolute atomic E-state index is 12.1. The molecule has 7 nitrogen and oxygen atoms in total. The zero-order chi connectivity index (χ0) is 16.8. The average Bonchev–Trinajstić information content (AvgIpc) is 2.59. The minimum Gasteiger partial charge on any atom is -0.497 e. The molecule has 1 aliphatic heterocycles. The van der Waals surface area contributed by atoms with Gasteiger partial charge in [-0.25, -0.2) is 4.79 Å². The van der Waals surface area contributed by atoms with Gasteiger partial charge >= 0.3 is 5.97 Å². The van der Waals surface area contributed by atoms with Crippen LogP contribution in [0.15, 0.2) is 24.3 Å². The SMILES string of the molecule is COc1ccc(C(=O)CCC(=O)N2CCOC(C(=O)O)C2)cc1. The van der Waals surface area contributed by atoms with Crippen molar-refractivity contribution in [1.29, 1.82) is 0 Å². The van der Waals surface area contributed by atoms with Gasteiger partial charge in [-0.1, -0.05) is 0 Å². The highest BCUT2D eigenvalue weighted by Gasteiger charge is 2.28. The van der Waals surface area contributed by atoms with Crippen molar-refractivity contribution in [3.63, 3.8) is 0 Å². The molecule has 0 aromatic heterocycles. The molecule has 0 aliphatic carbocycles. The Balaban J connectivity index is 1.85. The van der Waals surface area contributed by atoms with E-state index in [1.165, 1.54) is 4.90 Å². The van der Waals surface area contributed by atoms with Gasteiger partial charge in [-0.2, -0.15) is 0 Å². The number of ketones is 1. The van der Waals surface area contributed by atoms with Gasteiger partial charge in [0.25, 0.3) is 0 Å². The van der Waals surface area contributed by atoms with Gasteiger partial charge in [0.15, 0.2) is 11.9 Å². The number of hydrogen-bond acceptors (Lipinski definition) is 5. The fourth-order valence-electron chi connectivity index (χ4n) is 2.33. The molecule has 0 radical (unpaired) electrons. The normalized spacial score (nSPS) is 17.6. The Kier molecular flexibility index (Phi) is 5.70. The molecule has 1 N–H and O–H groups in total. The predicted molar refractivity (Wildman–Crippen MR) is 80.5 cm³/mol. The number of carboxylic acids is 1. The summed E-state index contributed by atoms with van der Waals surface area (Å²) in [6.07, 6.45) is -0.859. The molecule has 1 unspecified atom stereocenters. The summed E-state index contributed by atoms with van der Waals surface area (Å²) >= 11 is 0. The lowest BCUT2D eigenvalue weighted by molar-refractivity contribution is -0.159. The molecule has 0 bridgehead atoms. The van der Waals surface area contributed by atoms with Crippen LogP contribution < -0.4 is 4.74 Å². The van der Waals surface area contributed by atoms with Gasteiger partial charge in [-0.05, 0) is 24.3 Å². The van der Waals surface area contributed by atoms with Crippen LogP contribution in [0.2, 0.25) is 0 Å². The molecule has 1 atom stereocenters. The molecule has 1 amide bonds. The first-order valence-electron chi connectivity index (χ1n) is 7.30. The van der Waals surface area contributed by atoms with E-state index in [0.717, 1.165) is 0 Å². The van der Waals surface area contributed by atoms with Crippen LogP contribution in [0.25, 0.3) is 0 Å². The smallest absolute Gasteiger partial charge is 0.334 e. The highest BCUT2D eigenvalue weighted by molar-refractivity contribution is 5.98. The van der Waals surface area contributed by atoms with E-state index >= 15 is 0 Å². The summed E-state index contributed by atoms with van der Waals surface area (Å²) in [5, 5.41) is 8.92. The van der Waals surface area contributed by atoms with Gasteiger partial charge in [0.05, 0.1) is 20.3 Å². The number of aliphatic carboxylic acids is 1. The number of morpholine rings is 1. The largest absolute Gasteiger partial charge is 0.497 e. The minimum atomic E-state index is -1.09. The molecule has 1 fully saturated rings. The molecule has 1 aliphatic rings. The third kappa shape index (κ3) is 4.53. The van der Waals surface area contributed by atoms with Crippen molar-refractivity contribution >= 4 is 17.7 Å². The molecule has 2 rings (SSSR count). The number of nitrogens with zero attached hydrogens (tertiary/aromatic N) is 1. The van der Waals surface area contributed by atoms with E-state index in [2.05, 4.69) is 0 Å². The van der Waals surface area contributed by atoms with Crippen molar-refractivity contribution in [2.45, 2.75) is 18.9 Å². The predicted octanol–water partition coefficient (Wildman–Crippen LogP) is 0.970. The van der Waals surface area contributed by atoms with Gasteiger partial charge in [0, 0.05) is 24.9 Å². The molecular formula is C16H19NO6. The van der Waals surface area contributed by atoms with Crippen LogP contribution in [0.3, 0.4) is 0 Å². The number of carboxylic acid groups (broad SMARTS) is 1. The number of methoxy groups -OCH3 is 1. The van der Waals surface area contributed by atoms with Crippen molar-refractivity contribution < 1.29 is 29.0 Å². The Morgan fingerprint density at radius 3 is 2.57 bits per heavy atom.